The molecule has 2 rings (SSSR count). The molecule has 0 saturated carbocycles. The van der Waals surface area contributed by atoms with Crippen LogP contribution in [-0.4, -0.2) is 37.7 Å². The van der Waals surface area contributed by atoms with Crippen LogP contribution in [0, 0.1) is 0 Å². The Bertz CT molecular complexity index is 523. The molecule has 0 spiro atoms. The summed E-state index contributed by atoms with van der Waals surface area (Å²) in [4.78, 5) is 10.4. The Morgan fingerprint density at radius 3 is 2.61 bits per heavy atom. The minimum Gasteiger partial charge on any atom is -0.507 e. The number of oxime groups is 1. The monoisotopic (exact) mass is 248 g/mol. The van der Waals surface area contributed by atoms with E-state index < -0.39 is 0 Å². The van der Waals surface area contributed by atoms with Crippen molar-refractivity contribution in [1.29, 1.82) is 0 Å². The number of hydrogen-bond acceptors (Lipinski definition) is 6. The van der Waals surface area contributed by atoms with Crippen molar-refractivity contribution in [3.8, 4) is 5.75 Å². The second-order valence-corrected chi connectivity index (χ2v) is 3.21. The Morgan fingerprint density at radius 2 is 2.17 bits per heavy atom. The van der Waals surface area contributed by atoms with Crippen molar-refractivity contribution in [3.63, 3.8) is 0 Å². The molecule has 0 atom stereocenters. The number of aromatic amines is 1. The van der Waals surface area contributed by atoms with Crippen molar-refractivity contribution in [1.82, 2.24) is 15.4 Å². The summed E-state index contributed by atoms with van der Waals surface area (Å²) in [6.45, 7) is 1.44. The predicted molar refractivity (Wildman–Crippen MR) is 63.9 cm³/mol. The highest BCUT2D eigenvalue weighted by Crippen LogP contribution is 2.12. The van der Waals surface area contributed by atoms with Crippen LogP contribution >= 0.6 is 0 Å². The van der Waals surface area contributed by atoms with Crippen LogP contribution in [0.3, 0.4) is 0 Å². The van der Waals surface area contributed by atoms with Crippen molar-refractivity contribution in [2.75, 3.05) is 0 Å². The van der Waals surface area contributed by atoms with Gasteiger partial charge in [0.2, 0.25) is 0 Å². The lowest BCUT2D eigenvalue weighted by Crippen LogP contribution is -1.90. The summed E-state index contributed by atoms with van der Waals surface area (Å²) >= 11 is 0. The molecule has 7 heteroatoms. The van der Waals surface area contributed by atoms with Gasteiger partial charge in [0.25, 0.3) is 0 Å². The molecular weight excluding hydrogens is 236 g/mol. The van der Waals surface area contributed by atoms with Crippen LogP contribution in [0.25, 0.3) is 0 Å². The maximum Gasteiger partial charge on any atom is 0.181 e. The van der Waals surface area contributed by atoms with E-state index in [4.69, 9.17) is 10.3 Å². The number of carbonyl (C=O) groups excluding carboxylic acids is 1. The van der Waals surface area contributed by atoms with E-state index in [1.165, 1.54) is 25.4 Å². The number of nitrogens with zero attached hydrogens (tertiary/aromatic N) is 3. The van der Waals surface area contributed by atoms with E-state index in [1.54, 1.807) is 18.2 Å². The number of rotatable bonds is 2. The number of aromatic hydroxyl groups is 1. The van der Waals surface area contributed by atoms with Crippen LogP contribution in [0.15, 0.2) is 35.6 Å². The number of ketones is 1. The van der Waals surface area contributed by atoms with Gasteiger partial charge in [-0.3, -0.25) is 4.79 Å². The van der Waals surface area contributed by atoms with Gasteiger partial charge < -0.3 is 10.3 Å². The summed E-state index contributed by atoms with van der Waals surface area (Å²) in [7, 11) is 0. The molecule has 94 valence electrons. The minimum absolute atomic E-state index is 0.0706. The number of hydrogen-bond donors (Lipinski definition) is 3. The third kappa shape index (κ3) is 4.05. The fourth-order valence-corrected chi connectivity index (χ4v) is 1.03. The van der Waals surface area contributed by atoms with Crippen LogP contribution in [0.2, 0.25) is 0 Å². The summed E-state index contributed by atoms with van der Waals surface area (Å²) in [5, 5.41) is 29.2. The summed E-state index contributed by atoms with van der Waals surface area (Å²) in [5.41, 5.74) is 0.884. The van der Waals surface area contributed by atoms with Crippen LogP contribution in [-0.2, 0) is 0 Å². The Hall–Kier alpha value is -2.70. The van der Waals surface area contributed by atoms with E-state index in [0.717, 1.165) is 0 Å². The molecule has 1 aromatic heterocycles. The van der Waals surface area contributed by atoms with Crippen molar-refractivity contribution < 1.29 is 15.1 Å². The molecule has 2 aromatic rings. The molecule has 1 aromatic carbocycles. The van der Waals surface area contributed by atoms with Gasteiger partial charge in [0.1, 0.15) is 11.4 Å². The highest BCUT2D eigenvalue weighted by Gasteiger charge is 1.98. The quantitative estimate of drug-likeness (QED) is 0.320. The first-order chi connectivity index (χ1) is 8.65. The molecule has 18 heavy (non-hydrogen) atoms. The molecule has 0 aliphatic heterocycles. The summed E-state index contributed by atoms with van der Waals surface area (Å²) in [5.74, 6) is 0.0408. The molecule has 0 aliphatic carbocycles. The second-order valence-electron chi connectivity index (χ2n) is 3.21. The molecule has 0 radical (unpaired) electrons. The van der Waals surface area contributed by atoms with E-state index in [9.17, 15) is 4.79 Å². The van der Waals surface area contributed by atoms with E-state index in [2.05, 4.69) is 20.6 Å². The van der Waals surface area contributed by atoms with Crippen LogP contribution in [0.5, 0.6) is 5.75 Å². The first kappa shape index (κ1) is 13.4. The lowest BCUT2D eigenvalue weighted by atomic mass is 10.2. The predicted octanol–water partition coefficient (Wildman–Crippen LogP) is 1.21. The molecule has 0 fully saturated rings. The number of nitrogens with one attached hydrogen (secondary N) is 1. The van der Waals surface area contributed by atoms with E-state index >= 15 is 0 Å². The summed E-state index contributed by atoms with van der Waals surface area (Å²) in [6, 6.07) is 6.62. The maximum atomic E-state index is 10.4. The van der Waals surface area contributed by atoms with Gasteiger partial charge in [-0.05, 0) is 12.1 Å². The molecule has 0 amide bonds. The van der Waals surface area contributed by atoms with E-state index in [0.29, 0.717) is 11.3 Å². The number of para-hydroxylation sites is 1. The number of aromatic nitrogens is 3. The zero-order chi connectivity index (χ0) is 13.4. The van der Waals surface area contributed by atoms with E-state index in [-0.39, 0.29) is 11.5 Å². The highest BCUT2D eigenvalue weighted by atomic mass is 16.4. The standard InChI is InChI=1S/C7H7NO2.C4H5N3O/c9-7-4-2-1-3-6(7)5-8-10;1-3(8)4-2-5-7-6-4/h1-5,9-10H;2H,1H3,(H,5,6,7). The maximum absolute atomic E-state index is 10.4. The van der Waals surface area contributed by atoms with Gasteiger partial charge in [-0.15, -0.1) is 0 Å². The number of benzene rings is 1. The first-order valence-corrected chi connectivity index (χ1v) is 4.97. The summed E-state index contributed by atoms with van der Waals surface area (Å²) < 4.78 is 0. The van der Waals surface area contributed by atoms with Gasteiger partial charge in [0.05, 0.1) is 12.4 Å². The summed E-state index contributed by atoms with van der Waals surface area (Å²) in [6.07, 6.45) is 2.57. The normalized spacial score (nSPS) is 9.83. The molecule has 0 saturated heterocycles. The topological polar surface area (TPSA) is 111 Å². The number of Topliss-reactive ketones (excluding diaryl/α,β-unsaturated/α-hetero) is 1. The molecule has 0 aliphatic rings. The molecule has 1 heterocycles. The van der Waals surface area contributed by atoms with Crippen LogP contribution < -0.4 is 0 Å². The Morgan fingerprint density at radius 1 is 1.44 bits per heavy atom. The lowest BCUT2D eigenvalue weighted by Gasteiger charge is -1.93. The zero-order valence-electron chi connectivity index (χ0n) is 9.61. The molecule has 0 bridgehead atoms. The lowest BCUT2D eigenvalue weighted by molar-refractivity contribution is 0.101. The average Bonchev–Trinajstić information content (AvgIpc) is 2.87. The van der Waals surface area contributed by atoms with E-state index in [1.807, 2.05) is 0 Å². The highest BCUT2D eigenvalue weighted by molar-refractivity contribution is 5.91. The number of phenols is 1. The van der Waals surface area contributed by atoms with Crippen molar-refractivity contribution in [2.24, 2.45) is 5.16 Å². The van der Waals surface area contributed by atoms with Gasteiger partial charge in [-0.25, -0.2) is 0 Å². The van der Waals surface area contributed by atoms with Gasteiger partial charge in [0, 0.05) is 12.5 Å². The van der Waals surface area contributed by atoms with Gasteiger partial charge >= 0.3 is 0 Å². The average molecular weight is 248 g/mol. The van der Waals surface area contributed by atoms with Crippen LogP contribution in [0.4, 0.5) is 0 Å². The number of carbonyl (C=O) groups is 1. The molecule has 3 N–H and O–H groups in total. The fourth-order valence-electron chi connectivity index (χ4n) is 1.03. The second kappa shape index (κ2) is 6.79. The SMILES string of the molecule is CC(=O)c1cn[nH]n1.ON=Cc1ccccc1O. The number of phenolic OH excluding ortho intramolecular Hbond substituents is 1. The van der Waals surface area contributed by atoms with Crippen LogP contribution in [0.1, 0.15) is 23.0 Å². The Kier molecular flexibility index (Phi) is 5.04. The van der Waals surface area contributed by atoms with Crippen molar-refractivity contribution >= 4 is 12.0 Å². The number of H-pyrrole nitrogens is 1. The zero-order valence-corrected chi connectivity index (χ0v) is 9.61. The van der Waals surface area contributed by atoms with Gasteiger partial charge in [0.15, 0.2) is 5.78 Å². The molecule has 0 unspecified atom stereocenters. The van der Waals surface area contributed by atoms with Crippen molar-refractivity contribution in [3.05, 3.63) is 41.7 Å². The first-order valence-electron chi connectivity index (χ1n) is 4.97. The fraction of sp³-hybridized carbons (Fsp3) is 0.0909. The Balaban J connectivity index is 0.000000184. The largest absolute Gasteiger partial charge is 0.507 e. The third-order valence-electron chi connectivity index (χ3n) is 1.91. The van der Waals surface area contributed by atoms with Gasteiger partial charge in [-0.2, -0.15) is 15.4 Å². The van der Waals surface area contributed by atoms with Gasteiger partial charge in [-0.1, -0.05) is 17.3 Å². The molecule has 7 nitrogen and oxygen atoms in total. The minimum atomic E-state index is -0.0706. The van der Waals surface area contributed by atoms with Crippen molar-refractivity contribution in [2.45, 2.75) is 6.92 Å². The third-order valence-corrected chi connectivity index (χ3v) is 1.91. The molecular formula is C11H12N4O3. The smallest absolute Gasteiger partial charge is 0.181 e. The Labute approximate surface area is 103 Å².